The molecular weight excluding hydrogens is 558 g/mol. The molecule has 0 atom stereocenters. The van der Waals surface area contributed by atoms with Gasteiger partial charge in [0.1, 0.15) is 13.2 Å². The highest BCUT2D eigenvalue weighted by molar-refractivity contribution is 9.10. The van der Waals surface area contributed by atoms with E-state index in [-0.39, 0.29) is 18.1 Å². The minimum atomic E-state index is -0.531. The molecule has 10 heteroatoms. The number of ether oxygens (including phenoxy) is 2. The van der Waals surface area contributed by atoms with Gasteiger partial charge in [-0.25, -0.2) is 0 Å². The van der Waals surface area contributed by atoms with Crippen molar-refractivity contribution < 1.29 is 23.9 Å². The summed E-state index contributed by atoms with van der Waals surface area (Å²) in [6, 6.07) is 14.6. The number of anilines is 1. The van der Waals surface area contributed by atoms with Gasteiger partial charge in [-0.1, -0.05) is 18.2 Å². The number of halogens is 1. The average Bonchev–Trinajstić information content (AvgIpc) is 3.13. The van der Waals surface area contributed by atoms with E-state index in [0.29, 0.717) is 27.2 Å². The number of nitrogens with zero attached hydrogens (tertiary/aromatic N) is 2. The van der Waals surface area contributed by atoms with Crippen LogP contribution in [0.2, 0.25) is 0 Å². The number of carbonyl (C=O) groups excluding carboxylic acids is 3. The highest BCUT2D eigenvalue weighted by Crippen LogP contribution is 2.39. The molecule has 1 aliphatic heterocycles. The molecule has 3 aromatic rings. The summed E-state index contributed by atoms with van der Waals surface area (Å²) in [5.74, 6) is -0.0436. The first kappa shape index (κ1) is 26.4. The number of hydrogen-bond donors (Lipinski definition) is 1. The summed E-state index contributed by atoms with van der Waals surface area (Å²) in [7, 11) is 1.52. The normalized spacial score (nSPS) is 14.3. The number of rotatable bonds is 8. The fourth-order valence-electron chi connectivity index (χ4n) is 3.60. The highest BCUT2D eigenvalue weighted by Gasteiger charge is 2.36. The molecule has 4 rings (SSSR count). The van der Waals surface area contributed by atoms with Crippen LogP contribution >= 0.6 is 27.7 Å². The van der Waals surface area contributed by atoms with Crippen molar-refractivity contribution in [3.63, 3.8) is 0 Å². The van der Waals surface area contributed by atoms with E-state index in [4.69, 9.17) is 9.47 Å². The van der Waals surface area contributed by atoms with E-state index in [1.54, 1.807) is 30.5 Å². The number of benzene rings is 2. The Hall–Kier alpha value is -3.63. The molecule has 190 valence electrons. The maximum Gasteiger partial charge on any atom is 0.294 e. The number of imide groups is 1. The second kappa shape index (κ2) is 11.6. The molecule has 2 aromatic carbocycles. The Morgan fingerprint density at radius 1 is 1.16 bits per heavy atom. The lowest BCUT2D eigenvalue weighted by atomic mass is 10.1. The fraction of sp³-hybridized carbons (Fsp3) is 0.185. The van der Waals surface area contributed by atoms with Crippen molar-refractivity contribution in [2.24, 2.45) is 0 Å². The van der Waals surface area contributed by atoms with Gasteiger partial charge in [-0.2, -0.15) is 0 Å². The maximum absolute atomic E-state index is 13.0. The predicted octanol–water partition coefficient (Wildman–Crippen LogP) is 5.72. The number of pyridine rings is 1. The van der Waals surface area contributed by atoms with E-state index in [2.05, 4.69) is 26.2 Å². The Morgan fingerprint density at radius 3 is 2.70 bits per heavy atom. The molecule has 0 bridgehead atoms. The number of thioether (sulfide) groups is 1. The van der Waals surface area contributed by atoms with Crippen LogP contribution in [0.1, 0.15) is 22.4 Å². The van der Waals surface area contributed by atoms with Gasteiger partial charge < -0.3 is 14.8 Å². The van der Waals surface area contributed by atoms with Crippen LogP contribution < -0.4 is 14.8 Å². The lowest BCUT2D eigenvalue weighted by Crippen LogP contribution is -2.36. The summed E-state index contributed by atoms with van der Waals surface area (Å²) >= 11 is 4.28. The zero-order chi connectivity index (χ0) is 26.5. The van der Waals surface area contributed by atoms with Crippen molar-refractivity contribution in [2.45, 2.75) is 20.5 Å². The van der Waals surface area contributed by atoms with E-state index in [1.165, 1.54) is 7.11 Å². The first-order valence-corrected chi connectivity index (χ1v) is 12.9. The standard InChI is InChI=1S/C27H24BrN3O5S/c1-16-7-6-9-21(17(16)2)30-24(32)14-31-26(33)23(37-27(31)34)13-18-11-20(28)25(22(12-18)35-3)36-15-19-8-4-5-10-29-19/h4-13H,14-15H2,1-3H3,(H,30,32)/b23-13+. The molecule has 8 nitrogen and oxygen atoms in total. The molecule has 1 N–H and O–H groups in total. The van der Waals surface area contributed by atoms with Crippen molar-refractivity contribution in [1.82, 2.24) is 9.88 Å². The minimum absolute atomic E-state index is 0.209. The molecule has 1 saturated heterocycles. The molecule has 2 heterocycles. The van der Waals surface area contributed by atoms with Crippen LogP contribution in [-0.4, -0.2) is 40.6 Å². The smallest absolute Gasteiger partial charge is 0.294 e. The zero-order valence-corrected chi connectivity index (χ0v) is 22.8. The summed E-state index contributed by atoms with van der Waals surface area (Å²) in [6.45, 7) is 3.72. The van der Waals surface area contributed by atoms with Crippen LogP contribution in [0.15, 0.2) is 64.1 Å². The molecule has 0 spiro atoms. The van der Waals surface area contributed by atoms with Crippen LogP contribution in [0.25, 0.3) is 6.08 Å². The quantitative estimate of drug-likeness (QED) is 0.339. The molecule has 0 aliphatic carbocycles. The van der Waals surface area contributed by atoms with Crippen molar-refractivity contribution in [2.75, 3.05) is 19.0 Å². The first-order chi connectivity index (χ1) is 17.8. The molecule has 0 unspecified atom stereocenters. The van der Waals surface area contributed by atoms with Crippen LogP contribution in [0.3, 0.4) is 0 Å². The van der Waals surface area contributed by atoms with Gasteiger partial charge in [-0.05, 0) is 94.6 Å². The topological polar surface area (TPSA) is 97.8 Å². The summed E-state index contributed by atoms with van der Waals surface area (Å²) in [5, 5.41) is 2.28. The van der Waals surface area contributed by atoms with E-state index in [1.807, 2.05) is 44.2 Å². The number of hydrogen-bond acceptors (Lipinski definition) is 7. The van der Waals surface area contributed by atoms with Crippen molar-refractivity contribution in [1.29, 1.82) is 0 Å². The minimum Gasteiger partial charge on any atom is -0.493 e. The SMILES string of the molecule is COc1cc(/C=C2/SC(=O)N(CC(=O)Nc3cccc(C)c3C)C2=O)cc(Br)c1OCc1ccccn1. The summed E-state index contributed by atoms with van der Waals surface area (Å²) < 4.78 is 12.0. The Bertz CT molecular complexity index is 1390. The highest BCUT2D eigenvalue weighted by atomic mass is 79.9. The van der Waals surface area contributed by atoms with Crippen LogP contribution in [0, 0.1) is 13.8 Å². The molecule has 1 aromatic heterocycles. The molecule has 1 aliphatic rings. The number of aromatic nitrogens is 1. The Balaban J connectivity index is 1.47. The van der Waals surface area contributed by atoms with Gasteiger partial charge >= 0.3 is 0 Å². The largest absolute Gasteiger partial charge is 0.493 e. The molecule has 0 saturated carbocycles. The van der Waals surface area contributed by atoms with Crippen molar-refractivity contribution >= 4 is 56.5 Å². The Morgan fingerprint density at radius 2 is 1.97 bits per heavy atom. The van der Waals surface area contributed by atoms with Gasteiger partial charge in [-0.15, -0.1) is 0 Å². The van der Waals surface area contributed by atoms with Gasteiger partial charge in [0.2, 0.25) is 5.91 Å². The van der Waals surface area contributed by atoms with Crippen LogP contribution in [0.4, 0.5) is 10.5 Å². The second-order valence-electron chi connectivity index (χ2n) is 8.21. The third-order valence-corrected chi connectivity index (χ3v) is 7.19. The van der Waals surface area contributed by atoms with E-state index in [9.17, 15) is 14.4 Å². The first-order valence-electron chi connectivity index (χ1n) is 11.3. The predicted molar refractivity (Wildman–Crippen MR) is 146 cm³/mol. The molecule has 0 radical (unpaired) electrons. The number of nitrogens with one attached hydrogen (secondary N) is 1. The van der Waals surface area contributed by atoms with Gasteiger partial charge in [0.25, 0.3) is 11.1 Å². The fourth-order valence-corrected chi connectivity index (χ4v) is 5.01. The third kappa shape index (κ3) is 6.20. The van der Waals surface area contributed by atoms with Crippen molar-refractivity contribution in [3.05, 3.63) is 86.5 Å². The molecule has 1 fully saturated rings. The van der Waals surface area contributed by atoms with Crippen molar-refractivity contribution in [3.8, 4) is 11.5 Å². The van der Waals surface area contributed by atoms with Gasteiger partial charge in [0, 0.05) is 11.9 Å². The van der Waals surface area contributed by atoms with Crippen LogP contribution in [-0.2, 0) is 16.2 Å². The maximum atomic E-state index is 13.0. The van der Waals surface area contributed by atoms with E-state index in [0.717, 1.165) is 33.5 Å². The van der Waals surface area contributed by atoms with E-state index >= 15 is 0 Å². The molecule has 3 amide bonds. The number of methoxy groups -OCH3 is 1. The number of amides is 3. The Labute approximate surface area is 227 Å². The Kier molecular flexibility index (Phi) is 8.30. The van der Waals surface area contributed by atoms with Gasteiger partial charge in [0.15, 0.2) is 11.5 Å². The van der Waals surface area contributed by atoms with Gasteiger partial charge in [0.05, 0.1) is 22.2 Å². The summed E-state index contributed by atoms with van der Waals surface area (Å²) in [6.07, 6.45) is 3.28. The summed E-state index contributed by atoms with van der Waals surface area (Å²) in [5.41, 5.74) is 3.99. The number of carbonyl (C=O) groups is 3. The monoisotopic (exact) mass is 581 g/mol. The summed E-state index contributed by atoms with van der Waals surface area (Å²) in [4.78, 5) is 43.5. The lowest BCUT2D eigenvalue weighted by Gasteiger charge is -2.14. The molecular formula is C27H24BrN3O5S. The zero-order valence-electron chi connectivity index (χ0n) is 20.4. The third-order valence-electron chi connectivity index (χ3n) is 5.69. The number of aryl methyl sites for hydroxylation is 1. The lowest BCUT2D eigenvalue weighted by molar-refractivity contribution is -0.127. The van der Waals surface area contributed by atoms with Gasteiger partial charge in [-0.3, -0.25) is 24.3 Å². The molecule has 37 heavy (non-hydrogen) atoms. The van der Waals surface area contributed by atoms with Crippen LogP contribution in [0.5, 0.6) is 11.5 Å². The average molecular weight is 582 g/mol. The second-order valence-corrected chi connectivity index (χ2v) is 10.1. The van der Waals surface area contributed by atoms with E-state index < -0.39 is 17.1 Å².